The van der Waals surface area contributed by atoms with E-state index in [0.717, 1.165) is 0 Å². The molecule has 2 aromatic heterocycles. The van der Waals surface area contributed by atoms with Crippen LogP contribution >= 0.6 is 35.0 Å². The first-order valence-electron chi connectivity index (χ1n) is 12.4. The van der Waals surface area contributed by atoms with Crippen molar-refractivity contribution in [3.05, 3.63) is 69.7 Å². The minimum Gasteiger partial charge on any atom is -1.00 e. The second-order valence-corrected chi connectivity index (χ2v) is 12.6. The van der Waals surface area contributed by atoms with Crippen molar-refractivity contribution in [1.29, 1.82) is 0 Å². The van der Waals surface area contributed by atoms with Gasteiger partial charge in [0, 0.05) is 16.4 Å². The van der Waals surface area contributed by atoms with Crippen LogP contribution in [0.2, 0.25) is 10.0 Å². The molecule has 0 spiro atoms. The number of rotatable bonds is 7. The molecule has 3 atom stereocenters. The van der Waals surface area contributed by atoms with Gasteiger partial charge in [0.25, 0.3) is 5.91 Å². The molecule has 2 aliphatic rings. The van der Waals surface area contributed by atoms with Gasteiger partial charge < -0.3 is 48.2 Å². The lowest BCUT2D eigenvalue weighted by Gasteiger charge is -2.43. The maximum atomic E-state index is 13.4. The zero-order valence-electron chi connectivity index (χ0n) is 22.7. The molecule has 0 saturated carbocycles. The first-order valence-corrected chi connectivity index (χ1v) is 14.0. The van der Waals surface area contributed by atoms with Gasteiger partial charge in [0.15, 0.2) is 12.4 Å². The summed E-state index contributed by atoms with van der Waals surface area (Å²) in [5.74, 6) is -2.21. The Morgan fingerprint density at radius 1 is 1.17 bits per heavy atom. The number of thioether (sulfide) groups is 1. The van der Waals surface area contributed by atoms with Crippen LogP contribution in [0.3, 0.4) is 0 Å². The van der Waals surface area contributed by atoms with E-state index in [2.05, 4.69) is 10.5 Å². The molecule has 1 N–H and O–H groups in total. The Labute approximate surface area is 272 Å². The molecule has 15 heteroatoms. The van der Waals surface area contributed by atoms with Gasteiger partial charge in [-0.25, -0.2) is 14.2 Å². The number of aromatic nitrogens is 2. The average molecular weight is 747 g/mol. The fraction of sp³-hybridized carbons (Fsp3) is 0.333. The van der Waals surface area contributed by atoms with Crippen LogP contribution in [0.4, 0.5) is 0 Å². The van der Waals surface area contributed by atoms with Gasteiger partial charge in [0.05, 0.1) is 10.0 Å². The summed E-state index contributed by atoms with van der Waals surface area (Å²) in [5.41, 5.74) is 0.875. The number of carbonyl (C=O) groups excluding carboxylic acids is 4. The van der Waals surface area contributed by atoms with E-state index in [4.69, 9.17) is 37.2 Å². The Morgan fingerprint density at radius 3 is 2.52 bits per heavy atom. The summed E-state index contributed by atoms with van der Waals surface area (Å²) < 4.78 is 16.5. The lowest BCUT2D eigenvalue weighted by molar-refractivity contribution is -0.671. The molecular formula is C27H25Cl2IN4O7S. The number of pyridine rings is 1. The van der Waals surface area contributed by atoms with Crippen LogP contribution in [0.1, 0.15) is 40.3 Å². The first-order chi connectivity index (χ1) is 19.4. The highest BCUT2D eigenvalue weighted by molar-refractivity contribution is 8.01. The van der Waals surface area contributed by atoms with E-state index in [1.54, 1.807) is 75.1 Å². The molecule has 4 heterocycles. The zero-order chi connectivity index (χ0) is 29.6. The van der Waals surface area contributed by atoms with Gasteiger partial charge in [0.2, 0.25) is 12.7 Å². The molecule has 2 fully saturated rings. The third-order valence-electron chi connectivity index (χ3n) is 6.81. The lowest BCUT2D eigenvalue weighted by Crippen LogP contribution is -3.00. The van der Waals surface area contributed by atoms with Crippen molar-refractivity contribution >= 4 is 58.7 Å². The number of halogens is 3. The van der Waals surface area contributed by atoms with E-state index < -0.39 is 52.8 Å². The second-order valence-electron chi connectivity index (χ2n) is 10.0. The molecule has 0 radical (unpaired) electrons. The Balaban J connectivity index is 0.00000405. The minimum atomic E-state index is -0.957. The molecule has 2 aliphatic heterocycles. The highest BCUT2D eigenvalue weighted by Crippen LogP contribution is 2.51. The van der Waals surface area contributed by atoms with Crippen LogP contribution in [0.15, 0.2) is 47.2 Å². The van der Waals surface area contributed by atoms with E-state index in [1.165, 1.54) is 16.7 Å². The summed E-state index contributed by atoms with van der Waals surface area (Å²) in [6.07, 6.45) is 3.33. The molecule has 0 aliphatic carbocycles. The van der Waals surface area contributed by atoms with Crippen LogP contribution in [-0.4, -0.2) is 62.8 Å². The van der Waals surface area contributed by atoms with E-state index in [1.807, 2.05) is 0 Å². The number of benzene rings is 1. The van der Waals surface area contributed by atoms with Crippen molar-refractivity contribution in [2.45, 2.75) is 43.0 Å². The maximum Gasteiger partial charge on any atom is 0.347 e. The molecule has 222 valence electrons. The number of fused-ring (bicyclic) bond motifs is 1. The average Bonchev–Trinajstić information content (AvgIpc) is 3.41. The van der Waals surface area contributed by atoms with Crippen molar-refractivity contribution in [3.63, 3.8) is 0 Å². The van der Waals surface area contributed by atoms with Gasteiger partial charge in [-0.1, -0.05) is 34.4 Å². The molecule has 2 unspecified atom stereocenters. The van der Waals surface area contributed by atoms with Crippen molar-refractivity contribution in [3.8, 4) is 11.3 Å². The van der Waals surface area contributed by atoms with Crippen LogP contribution < -0.4 is 33.9 Å². The van der Waals surface area contributed by atoms with Crippen LogP contribution in [0.25, 0.3) is 11.3 Å². The third-order valence-corrected chi connectivity index (χ3v) is 9.01. The topological polar surface area (TPSA) is 132 Å². The number of nitrogens with zero attached hydrogens (tertiary/aromatic N) is 3. The fourth-order valence-corrected chi connectivity index (χ4v) is 7.08. The summed E-state index contributed by atoms with van der Waals surface area (Å²) in [7, 11) is 1.76. The number of hydrogen-bond donors (Lipinski definition) is 1. The molecule has 0 bridgehead atoms. The SMILES string of the molecule is Cc1onc(-c2c(Cl)cccc2Cl)c1C(=O)NC1C(=O)N2C1SC(C)(C)[C@@H]2C(=O)OCOC(=O)c1ccc[n+](C)c1.[I-]. The van der Waals surface area contributed by atoms with E-state index >= 15 is 0 Å². The normalized spacial score (nSPS) is 20.2. The summed E-state index contributed by atoms with van der Waals surface area (Å²) in [4.78, 5) is 53.3. The molecule has 2 saturated heterocycles. The third kappa shape index (κ3) is 5.83. The molecule has 42 heavy (non-hydrogen) atoms. The molecule has 3 aromatic rings. The summed E-state index contributed by atoms with van der Waals surface area (Å²) >= 11 is 14.0. The van der Waals surface area contributed by atoms with Gasteiger partial charge in [-0.3, -0.25) is 9.59 Å². The number of hydrogen-bond acceptors (Lipinski definition) is 9. The van der Waals surface area contributed by atoms with Gasteiger partial charge in [0.1, 0.15) is 47.1 Å². The quantitative estimate of drug-likeness (QED) is 0.119. The fourth-order valence-electron chi connectivity index (χ4n) is 4.89. The Morgan fingerprint density at radius 2 is 1.86 bits per heavy atom. The number of β-lactam (4-membered cyclic amide) rings is 1. The van der Waals surface area contributed by atoms with Gasteiger partial charge in [-0.15, -0.1) is 11.8 Å². The summed E-state index contributed by atoms with van der Waals surface area (Å²) in [6, 6.07) is 6.28. The number of amides is 2. The van der Waals surface area contributed by atoms with Crippen molar-refractivity contribution in [2.24, 2.45) is 7.05 Å². The number of ether oxygens (including phenoxy) is 2. The standard InChI is InChI=1S/C27H24Cl2N4O7S.HI/c1-13-17(19(31-40-13)18-15(28)8-5-9-16(18)29)22(34)30-20-23(35)33-21(27(2,3)41-24(20)33)26(37)39-12-38-25(36)14-7-6-10-32(4)11-14;/h5-11,20-21,24H,12H2,1-4H3;1H/t20?,21-,24?;/m0./s1. The second kappa shape index (κ2) is 12.4. The van der Waals surface area contributed by atoms with Crippen molar-refractivity contribution < 1.29 is 61.7 Å². The minimum absolute atomic E-state index is 0. The first kappa shape index (κ1) is 32.0. The van der Waals surface area contributed by atoms with Crippen LogP contribution in [0.5, 0.6) is 0 Å². The molecule has 5 rings (SSSR count). The van der Waals surface area contributed by atoms with Crippen molar-refractivity contribution in [1.82, 2.24) is 15.4 Å². The highest BCUT2D eigenvalue weighted by Gasteiger charge is 2.64. The summed E-state index contributed by atoms with van der Waals surface area (Å²) in [6.45, 7) is 4.55. The molecular weight excluding hydrogens is 722 g/mol. The molecule has 1 aromatic carbocycles. The summed E-state index contributed by atoms with van der Waals surface area (Å²) in [5, 5.41) is 6.77. The lowest BCUT2D eigenvalue weighted by atomic mass is 9.95. The maximum absolute atomic E-state index is 13.4. The van der Waals surface area contributed by atoms with Gasteiger partial charge >= 0.3 is 11.9 Å². The zero-order valence-corrected chi connectivity index (χ0v) is 27.2. The Kier molecular flexibility index (Phi) is 9.45. The number of carbonyl (C=O) groups is 4. The van der Waals surface area contributed by atoms with Crippen LogP contribution in [-0.2, 0) is 26.1 Å². The smallest absolute Gasteiger partial charge is 0.347 e. The van der Waals surface area contributed by atoms with Gasteiger partial charge in [-0.2, -0.15) is 0 Å². The van der Waals surface area contributed by atoms with E-state index in [9.17, 15) is 19.2 Å². The monoisotopic (exact) mass is 746 g/mol. The highest BCUT2D eigenvalue weighted by atomic mass is 127. The van der Waals surface area contributed by atoms with Crippen molar-refractivity contribution in [2.75, 3.05) is 6.79 Å². The van der Waals surface area contributed by atoms with E-state index in [0.29, 0.717) is 11.1 Å². The number of nitrogens with one attached hydrogen (secondary N) is 1. The van der Waals surface area contributed by atoms with Crippen LogP contribution in [0, 0.1) is 6.92 Å². The Bertz CT molecular complexity index is 1560. The van der Waals surface area contributed by atoms with Gasteiger partial charge in [-0.05, 0) is 39.0 Å². The van der Waals surface area contributed by atoms with E-state index in [-0.39, 0.29) is 51.0 Å². The largest absolute Gasteiger partial charge is 1.00 e. The molecule has 11 nitrogen and oxygen atoms in total. The molecule has 2 amide bonds. The Hall–Kier alpha value is -2.88. The number of aryl methyl sites for hydroxylation is 2. The predicted molar refractivity (Wildman–Crippen MR) is 148 cm³/mol. The number of esters is 2. The predicted octanol–water partition coefficient (Wildman–Crippen LogP) is 0.304.